The van der Waals surface area contributed by atoms with Crippen molar-refractivity contribution >= 4 is 44.9 Å². The fourth-order valence-electron chi connectivity index (χ4n) is 2.78. The summed E-state index contributed by atoms with van der Waals surface area (Å²) in [7, 11) is 0. The highest BCUT2D eigenvalue weighted by Crippen LogP contribution is 2.27. The number of ether oxygens (including phenoxy) is 2. The van der Waals surface area contributed by atoms with E-state index in [0.29, 0.717) is 46.4 Å². The van der Waals surface area contributed by atoms with Crippen LogP contribution >= 0.6 is 28.1 Å². The summed E-state index contributed by atoms with van der Waals surface area (Å²) in [6, 6.07) is 22.5. The number of halogens is 1. The van der Waals surface area contributed by atoms with Gasteiger partial charge in [0, 0.05) is 5.56 Å². The largest absolute Gasteiger partial charge is 0.492 e. The SMILES string of the molecule is CC(C)COc1ccc(C(=O)NC(=S)Nc2ccccc2OCc2ccccc2)cc1Br. The number of rotatable bonds is 8. The van der Waals surface area contributed by atoms with Crippen LogP contribution in [-0.2, 0) is 6.61 Å². The minimum absolute atomic E-state index is 0.182. The van der Waals surface area contributed by atoms with Gasteiger partial charge < -0.3 is 14.8 Å². The minimum Gasteiger partial charge on any atom is -0.492 e. The van der Waals surface area contributed by atoms with Crippen LogP contribution < -0.4 is 20.1 Å². The number of carbonyl (C=O) groups is 1. The molecule has 0 fully saturated rings. The second-order valence-corrected chi connectivity index (χ2v) is 8.79. The summed E-state index contributed by atoms with van der Waals surface area (Å²) in [4.78, 5) is 12.6. The van der Waals surface area contributed by atoms with E-state index in [1.54, 1.807) is 18.2 Å². The van der Waals surface area contributed by atoms with Crippen LogP contribution in [0.4, 0.5) is 5.69 Å². The number of hydrogen-bond donors (Lipinski definition) is 2. The van der Waals surface area contributed by atoms with Crippen molar-refractivity contribution in [1.29, 1.82) is 0 Å². The molecule has 0 heterocycles. The Morgan fingerprint density at radius 2 is 1.69 bits per heavy atom. The summed E-state index contributed by atoms with van der Waals surface area (Å²) in [5.41, 5.74) is 2.20. The number of hydrogen-bond acceptors (Lipinski definition) is 4. The van der Waals surface area contributed by atoms with E-state index in [4.69, 9.17) is 21.7 Å². The topological polar surface area (TPSA) is 59.6 Å². The Labute approximate surface area is 202 Å². The number of anilines is 1. The maximum Gasteiger partial charge on any atom is 0.257 e. The van der Waals surface area contributed by atoms with Crippen molar-refractivity contribution in [3.8, 4) is 11.5 Å². The molecule has 0 atom stereocenters. The fraction of sp³-hybridized carbons (Fsp3) is 0.200. The van der Waals surface area contributed by atoms with E-state index in [1.807, 2.05) is 54.6 Å². The molecule has 3 rings (SSSR count). The second kappa shape index (κ2) is 11.6. The fourth-order valence-corrected chi connectivity index (χ4v) is 3.47. The van der Waals surface area contributed by atoms with E-state index in [-0.39, 0.29) is 11.0 Å². The van der Waals surface area contributed by atoms with Crippen LogP contribution in [0.3, 0.4) is 0 Å². The quantitative estimate of drug-likeness (QED) is 0.352. The Bertz CT molecular complexity index is 1070. The average molecular weight is 513 g/mol. The number of amides is 1. The molecule has 0 aliphatic carbocycles. The van der Waals surface area contributed by atoms with Crippen LogP contribution in [0.5, 0.6) is 11.5 Å². The van der Waals surface area contributed by atoms with Crippen LogP contribution in [0.15, 0.2) is 77.3 Å². The Hall–Kier alpha value is -2.90. The molecule has 0 aliphatic rings. The Morgan fingerprint density at radius 3 is 2.41 bits per heavy atom. The van der Waals surface area contributed by atoms with Crippen molar-refractivity contribution in [1.82, 2.24) is 5.32 Å². The molecule has 0 saturated heterocycles. The van der Waals surface area contributed by atoms with E-state index in [2.05, 4.69) is 40.4 Å². The van der Waals surface area contributed by atoms with E-state index in [1.165, 1.54) is 0 Å². The lowest BCUT2D eigenvalue weighted by atomic mass is 10.2. The first-order chi connectivity index (χ1) is 15.4. The van der Waals surface area contributed by atoms with Crippen LogP contribution in [0.2, 0.25) is 0 Å². The predicted octanol–water partition coefficient (Wildman–Crippen LogP) is 6.19. The maximum absolute atomic E-state index is 12.6. The van der Waals surface area contributed by atoms with Crippen LogP contribution in [0.25, 0.3) is 0 Å². The summed E-state index contributed by atoms with van der Waals surface area (Å²) in [5, 5.41) is 5.93. The Balaban J connectivity index is 1.60. The van der Waals surface area contributed by atoms with Crippen LogP contribution in [0.1, 0.15) is 29.8 Å². The summed E-state index contributed by atoms with van der Waals surface area (Å²) >= 11 is 8.80. The van der Waals surface area contributed by atoms with Crippen LogP contribution in [0, 0.1) is 5.92 Å². The molecule has 3 aromatic rings. The highest BCUT2D eigenvalue weighted by molar-refractivity contribution is 9.10. The van der Waals surface area contributed by atoms with Crippen molar-refractivity contribution in [3.05, 3.63) is 88.4 Å². The molecule has 0 bridgehead atoms. The highest BCUT2D eigenvalue weighted by atomic mass is 79.9. The molecular weight excluding hydrogens is 488 g/mol. The number of carbonyl (C=O) groups excluding carboxylic acids is 1. The first-order valence-electron chi connectivity index (χ1n) is 10.2. The summed E-state index contributed by atoms with van der Waals surface area (Å²) in [6.45, 7) is 5.19. The van der Waals surface area contributed by atoms with Crippen molar-refractivity contribution in [3.63, 3.8) is 0 Å². The number of para-hydroxylation sites is 2. The van der Waals surface area contributed by atoms with Gasteiger partial charge in [0.1, 0.15) is 18.1 Å². The Kier molecular flexibility index (Phi) is 8.64. The Morgan fingerprint density at radius 1 is 0.969 bits per heavy atom. The smallest absolute Gasteiger partial charge is 0.257 e. The molecule has 0 unspecified atom stereocenters. The van der Waals surface area contributed by atoms with Gasteiger partial charge in [0.2, 0.25) is 0 Å². The van der Waals surface area contributed by atoms with Gasteiger partial charge in [-0.3, -0.25) is 10.1 Å². The van der Waals surface area contributed by atoms with Gasteiger partial charge in [-0.05, 0) is 70.0 Å². The number of benzene rings is 3. The van der Waals surface area contributed by atoms with E-state index in [0.717, 1.165) is 5.56 Å². The summed E-state index contributed by atoms with van der Waals surface area (Å²) < 4.78 is 12.4. The molecule has 0 saturated carbocycles. The molecule has 1 amide bonds. The minimum atomic E-state index is -0.318. The van der Waals surface area contributed by atoms with Gasteiger partial charge in [-0.15, -0.1) is 0 Å². The third kappa shape index (κ3) is 7.07. The van der Waals surface area contributed by atoms with Gasteiger partial charge in [-0.25, -0.2) is 0 Å². The summed E-state index contributed by atoms with van der Waals surface area (Å²) in [5.74, 6) is 1.43. The van der Waals surface area contributed by atoms with Gasteiger partial charge in [0.05, 0.1) is 16.8 Å². The van der Waals surface area contributed by atoms with E-state index >= 15 is 0 Å². The van der Waals surface area contributed by atoms with E-state index < -0.39 is 0 Å². The summed E-state index contributed by atoms with van der Waals surface area (Å²) in [6.07, 6.45) is 0. The molecule has 5 nitrogen and oxygen atoms in total. The molecule has 7 heteroatoms. The molecule has 0 radical (unpaired) electrons. The number of thiocarbonyl (C=S) groups is 1. The van der Waals surface area contributed by atoms with Gasteiger partial charge in [-0.1, -0.05) is 56.3 Å². The molecule has 2 N–H and O–H groups in total. The van der Waals surface area contributed by atoms with Crippen LogP contribution in [-0.4, -0.2) is 17.6 Å². The predicted molar refractivity (Wildman–Crippen MR) is 135 cm³/mol. The lowest BCUT2D eigenvalue weighted by Gasteiger charge is -2.15. The lowest BCUT2D eigenvalue weighted by Crippen LogP contribution is -2.34. The van der Waals surface area contributed by atoms with Crippen molar-refractivity contribution in [2.24, 2.45) is 5.92 Å². The van der Waals surface area contributed by atoms with Gasteiger partial charge in [-0.2, -0.15) is 0 Å². The van der Waals surface area contributed by atoms with Crippen molar-refractivity contribution in [2.45, 2.75) is 20.5 Å². The van der Waals surface area contributed by atoms with E-state index in [9.17, 15) is 4.79 Å². The molecule has 32 heavy (non-hydrogen) atoms. The second-order valence-electron chi connectivity index (χ2n) is 7.53. The van der Waals surface area contributed by atoms with Gasteiger partial charge >= 0.3 is 0 Å². The normalized spacial score (nSPS) is 10.5. The first kappa shape index (κ1) is 23.8. The molecule has 0 spiro atoms. The molecule has 0 aliphatic heterocycles. The van der Waals surface area contributed by atoms with Gasteiger partial charge in [0.25, 0.3) is 5.91 Å². The molecular formula is C25H25BrN2O3S. The average Bonchev–Trinajstić information content (AvgIpc) is 2.78. The monoisotopic (exact) mass is 512 g/mol. The van der Waals surface area contributed by atoms with Crippen molar-refractivity contribution < 1.29 is 14.3 Å². The zero-order valence-electron chi connectivity index (χ0n) is 17.9. The standard InChI is InChI=1S/C25H25BrN2O3S/c1-17(2)15-30-22-13-12-19(14-20(22)26)24(29)28-25(32)27-21-10-6-7-11-23(21)31-16-18-8-4-3-5-9-18/h3-14,17H,15-16H2,1-2H3,(H2,27,28,29,32). The lowest BCUT2D eigenvalue weighted by molar-refractivity contribution is 0.0977. The molecule has 0 aromatic heterocycles. The third-order valence-electron chi connectivity index (χ3n) is 4.37. The highest BCUT2D eigenvalue weighted by Gasteiger charge is 2.13. The zero-order valence-corrected chi connectivity index (χ0v) is 20.3. The maximum atomic E-state index is 12.6. The first-order valence-corrected chi connectivity index (χ1v) is 11.4. The molecule has 3 aromatic carbocycles. The third-order valence-corrected chi connectivity index (χ3v) is 5.19. The van der Waals surface area contributed by atoms with Crippen molar-refractivity contribution in [2.75, 3.05) is 11.9 Å². The number of nitrogens with one attached hydrogen (secondary N) is 2. The van der Waals surface area contributed by atoms with Gasteiger partial charge in [0.15, 0.2) is 5.11 Å². The molecule has 166 valence electrons. The zero-order chi connectivity index (χ0) is 22.9.